The van der Waals surface area contributed by atoms with Gasteiger partial charge in [-0.05, 0) is 0 Å². The van der Waals surface area contributed by atoms with Gasteiger partial charge in [-0.1, -0.05) is 0 Å². The normalized spacial score (nSPS) is 17.5. The van der Waals surface area contributed by atoms with Crippen molar-refractivity contribution in [1.29, 1.82) is 0 Å². The summed E-state index contributed by atoms with van der Waals surface area (Å²) in [5, 5.41) is 20.7. The third kappa shape index (κ3) is 2.94. The second-order valence-electron chi connectivity index (χ2n) is 2.75. The van der Waals surface area contributed by atoms with Crippen molar-refractivity contribution in [3.05, 3.63) is 20.2 Å². The van der Waals surface area contributed by atoms with Gasteiger partial charge in [-0.2, -0.15) is 0 Å². The zero-order chi connectivity index (χ0) is 10.6. The molecule has 0 N–H and O–H groups in total. The maximum atomic E-state index is 10.3. The first-order chi connectivity index (χ1) is 5.91. The number of nitrogens with zero attached hydrogens (tertiary/aromatic N) is 2. The summed E-state index contributed by atoms with van der Waals surface area (Å²) in [6.45, 7) is 2.57. The lowest BCUT2D eigenvalue weighted by Gasteiger charge is -2.17. The van der Waals surface area contributed by atoms with Gasteiger partial charge in [0.25, 0.3) is 0 Å². The Labute approximate surface area is 75.0 Å². The number of hydrogen-bond donors (Lipinski definition) is 0. The van der Waals surface area contributed by atoms with Crippen molar-refractivity contribution >= 4 is 0 Å². The standard InChI is InChI=1S/C6H12N2O5/c1-4(7(9)10)6(13-3)5(2)8(11)12/h4-6H,1-3H3/t4-,5+,6?. The van der Waals surface area contributed by atoms with Crippen LogP contribution in [0.4, 0.5) is 0 Å². The Bertz CT molecular complexity index is 187. The van der Waals surface area contributed by atoms with Crippen LogP contribution in [-0.2, 0) is 4.74 Å². The smallest absolute Gasteiger partial charge is 0.242 e. The van der Waals surface area contributed by atoms with Gasteiger partial charge in [-0.3, -0.25) is 20.2 Å². The number of rotatable bonds is 5. The predicted molar refractivity (Wildman–Crippen MR) is 43.7 cm³/mol. The van der Waals surface area contributed by atoms with Crippen molar-refractivity contribution in [2.45, 2.75) is 32.0 Å². The summed E-state index contributed by atoms with van der Waals surface area (Å²) in [4.78, 5) is 19.5. The van der Waals surface area contributed by atoms with Crippen molar-refractivity contribution in [3.8, 4) is 0 Å². The average Bonchev–Trinajstić information content (AvgIpc) is 2.04. The van der Waals surface area contributed by atoms with Gasteiger partial charge in [-0.25, -0.2) is 0 Å². The van der Waals surface area contributed by atoms with E-state index in [1.54, 1.807) is 0 Å². The first kappa shape index (κ1) is 11.8. The number of hydrogen-bond acceptors (Lipinski definition) is 5. The molecule has 1 unspecified atom stereocenters. The molecule has 13 heavy (non-hydrogen) atoms. The minimum Gasteiger partial charge on any atom is -0.368 e. The molecule has 7 nitrogen and oxygen atoms in total. The summed E-state index contributed by atoms with van der Waals surface area (Å²) >= 11 is 0. The van der Waals surface area contributed by atoms with Crippen LogP contribution in [0.5, 0.6) is 0 Å². The second kappa shape index (κ2) is 4.70. The number of nitro groups is 2. The van der Waals surface area contributed by atoms with E-state index in [-0.39, 0.29) is 0 Å². The highest BCUT2D eigenvalue weighted by atomic mass is 16.6. The Morgan fingerprint density at radius 2 is 1.38 bits per heavy atom. The molecule has 0 saturated heterocycles. The van der Waals surface area contributed by atoms with Crippen LogP contribution in [0.3, 0.4) is 0 Å². The van der Waals surface area contributed by atoms with Gasteiger partial charge in [0.05, 0.1) is 0 Å². The molecule has 0 heterocycles. The third-order valence-corrected chi connectivity index (χ3v) is 1.89. The van der Waals surface area contributed by atoms with Crippen molar-refractivity contribution < 1.29 is 14.6 Å². The van der Waals surface area contributed by atoms with Crippen LogP contribution in [0.2, 0.25) is 0 Å². The summed E-state index contributed by atoms with van der Waals surface area (Å²) in [6.07, 6.45) is -0.995. The molecule has 0 fully saturated rings. The fourth-order valence-electron chi connectivity index (χ4n) is 1.04. The van der Waals surface area contributed by atoms with E-state index < -0.39 is 28.0 Å². The van der Waals surface area contributed by atoms with Gasteiger partial charge in [0.15, 0.2) is 6.10 Å². The molecule has 0 amide bonds. The Balaban J connectivity index is 4.49. The lowest BCUT2D eigenvalue weighted by molar-refractivity contribution is -0.574. The zero-order valence-corrected chi connectivity index (χ0v) is 7.67. The maximum Gasteiger partial charge on any atom is 0.242 e. The van der Waals surface area contributed by atoms with E-state index in [4.69, 9.17) is 4.74 Å². The van der Waals surface area contributed by atoms with E-state index in [2.05, 4.69) is 0 Å². The van der Waals surface area contributed by atoms with Crippen LogP contribution < -0.4 is 0 Å². The van der Waals surface area contributed by atoms with Crippen LogP contribution >= 0.6 is 0 Å². The Kier molecular flexibility index (Phi) is 4.26. The molecule has 0 spiro atoms. The lowest BCUT2D eigenvalue weighted by Crippen LogP contribution is -2.43. The minimum atomic E-state index is -1.08. The fourth-order valence-corrected chi connectivity index (χ4v) is 1.04. The molecule has 7 heteroatoms. The first-order valence-electron chi connectivity index (χ1n) is 3.71. The third-order valence-electron chi connectivity index (χ3n) is 1.89. The van der Waals surface area contributed by atoms with Crippen LogP contribution in [-0.4, -0.2) is 35.1 Å². The number of ether oxygens (including phenoxy) is 1. The molecule has 0 saturated carbocycles. The molecular formula is C6H12N2O5. The summed E-state index contributed by atoms with van der Waals surface area (Å²) in [5.74, 6) is 0. The van der Waals surface area contributed by atoms with E-state index in [0.717, 1.165) is 0 Å². The molecule has 0 rings (SSSR count). The van der Waals surface area contributed by atoms with Crippen LogP contribution in [0.25, 0.3) is 0 Å². The largest absolute Gasteiger partial charge is 0.368 e. The van der Waals surface area contributed by atoms with E-state index in [9.17, 15) is 20.2 Å². The van der Waals surface area contributed by atoms with Crippen LogP contribution in [0.15, 0.2) is 0 Å². The van der Waals surface area contributed by atoms with Crippen molar-refractivity contribution in [1.82, 2.24) is 0 Å². The monoisotopic (exact) mass is 192 g/mol. The molecule has 0 aromatic rings. The zero-order valence-electron chi connectivity index (χ0n) is 7.67. The fraction of sp³-hybridized carbons (Fsp3) is 1.00. The van der Waals surface area contributed by atoms with Gasteiger partial charge in [0.2, 0.25) is 12.1 Å². The average molecular weight is 192 g/mol. The Hall–Kier alpha value is -1.24. The summed E-state index contributed by atoms with van der Waals surface area (Å²) in [7, 11) is 1.23. The minimum absolute atomic E-state index is 0.589. The highest BCUT2D eigenvalue weighted by Crippen LogP contribution is 2.09. The molecular weight excluding hydrogens is 180 g/mol. The summed E-state index contributed by atoms with van der Waals surface area (Å²) in [6, 6.07) is -2.16. The van der Waals surface area contributed by atoms with Crippen LogP contribution in [0, 0.1) is 20.2 Å². The van der Waals surface area contributed by atoms with Crippen molar-refractivity contribution in [2.75, 3.05) is 7.11 Å². The summed E-state index contributed by atoms with van der Waals surface area (Å²) < 4.78 is 4.71. The molecule has 0 aliphatic rings. The molecule has 0 aliphatic carbocycles. The van der Waals surface area contributed by atoms with Crippen molar-refractivity contribution in [2.24, 2.45) is 0 Å². The highest BCUT2D eigenvalue weighted by Gasteiger charge is 2.38. The van der Waals surface area contributed by atoms with Gasteiger partial charge in [-0.15, -0.1) is 0 Å². The van der Waals surface area contributed by atoms with E-state index in [1.165, 1.54) is 21.0 Å². The van der Waals surface area contributed by atoms with Gasteiger partial charge in [0.1, 0.15) is 0 Å². The van der Waals surface area contributed by atoms with Crippen LogP contribution in [0.1, 0.15) is 13.8 Å². The summed E-state index contributed by atoms with van der Waals surface area (Å²) in [5.41, 5.74) is 0. The molecule has 0 aliphatic heterocycles. The highest BCUT2D eigenvalue weighted by molar-refractivity contribution is 4.71. The number of methoxy groups -OCH3 is 1. The van der Waals surface area contributed by atoms with E-state index in [1.807, 2.05) is 0 Å². The molecule has 0 radical (unpaired) electrons. The molecule has 3 atom stereocenters. The predicted octanol–water partition coefficient (Wildman–Crippen LogP) is 0.332. The van der Waals surface area contributed by atoms with E-state index >= 15 is 0 Å². The van der Waals surface area contributed by atoms with Gasteiger partial charge in [0, 0.05) is 30.8 Å². The van der Waals surface area contributed by atoms with Gasteiger partial charge < -0.3 is 4.74 Å². The lowest BCUT2D eigenvalue weighted by atomic mass is 10.1. The van der Waals surface area contributed by atoms with Gasteiger partial charge >= 0.3 is 0 Å². The van der Waals surface area contributed by atoms with Crippen molar-refractivity contribution in [3.63, 3.8) is 0 Å². The Morgan fingerprint density at radius 1 is 1.08 bits per heavy atom. The molecule has 0 aromatic heterocycles. The Morgan fingerprint density at radius 3 is 1.54 bits per heavy atom. The van der Waals surface area contributed by atoms with E-state index in [0.29, 0.717) is 0 Å². The quantitative estimate of drug-likeness (QED) is 0.462. The topological polar surface area (TPSA) is 95.5 Å². The molecule has 0 aromatic carbocycles. The second-order valence-corrected chi connectivity index (χ2v) is 2.75. The molecule has 76 valence electrons. The first-order valence-corrected chi connectivity index (χ1v) is 3.71. The maximum absolute atomic E-state index is 10.3. The molecule has 0 bridgehead atoms. The SMILES string of the molecule is COC([C@@H](C)[N+](=O)[O-])[C@H](C)[N+](=O)[O-].